The van der Waals surface area contributed by atoms with E-state index >= 15 is 0 Å². The van der Waals surface area contributed by atoms with Crippen molar-refractivity contribution in [3.05, 3.63) is 46.3 Å². The van der Waals surface area contributed by atoms with Crippen LogP contribution in [-0.2, 0) is 12.6 Å². The minimum Gasteiger partial charge on any atom is -0.166 e. The first-order valence-electron chi connectivity index (χ1n) is 10.7. The molecule has 0 saturated heterocycles. The largest absolute Gasteiger partial charge is 0.416 e. The van der Waals surface area contributed by atoms with Crippen molar-refractivity contribution < 1.29 is 13.2 Å². The highest BCUT2D eigenvalue weighted by atomic mass is 32.1. The van der Waals surface area contributed by atoms with Crippen LogP contribution in [0.1, 0.15) is 87.1 Å². The minimum atomic E-state index is -4.28. The van der Waals surface area contributed by atoms with Crippen molar-refractivity contribution in [2.24, 2.45) is 0 Å². The van der Waals surface area contributed by atoms with Gasteiger partial charge in [-0.3, -0.25) is 0 Å². The molecule has 1 aromatic heterocycles. The van der Waals surface area contributed by atoms with Crippen molar-refractivity contribution in [1.29, 1.82) is 0 Å². The molecular weight excluding hydrogens is 377 g/mol. The van der Waals surface area contributed by atoms with E-state index in [1.807, 2.05) is 19.1 Å². The summed E-state index contributed by atoms with van der Waals surface area (Å²) >= 11 is 1.63. The van der Waals surface area contributed by atoms with Crippen LogP contribution in [0.3, 0.4) is 0 Å². The van der Waals surface area contributed by atoms with Crippen LogP contribution in [0.15, 0.2) is 30.3 Å². The fraction of sp³-hybridized carbons (Fsp3) is 0.583. The average Bonchev–Trinajstić information content (AvgIpc) is 3.08. The summed E-state index contributed by atoms with van der Waals surface area (Å²) in [6, 6.07) is 8.63. The van der Waals surface area contributed by atoms with Gasteiger partial charge in [0.25, 0.3) is 0 Å². The monoisotopic (exact) mass is 410 g/mol. The Hall–Kier alpha value is -1.29. The first-order valence-corrected chi connectivity index (χ1v) is 11.5. The standard InChI is InChI=1S/C24H33F3S/c1-3-4-5-6-7-8-9-10-11-12-13-20-18-21(23-17-14-19(2)28-23)15-16-22(20)24(25,26)27/h14-18H,3-13H2,1-2H3. The molecular formula is C24H33F3S. The molecule has 0 nitrogen and oxygen atoms in total. The Morgan fingerprint density at radius 2 is 1.39 bits per heavy atom. The Morgan fingerprint density at radius 3 is 1.93 bits per heavy atom. The number of thiophene rings is 1. The highest BCUT2D eigenvalue weighted by Crippen LogP contribution is 2.36. The molecule has 0 aliphatic heterocycles. The molecule has 0 aliphatic rings. The first kappa shape index (κ1) is 23.0. The fourth-order valence-electron chi connectivity index (χ4n) is 3.62. The number of unbranched alkanes of at least 4 members (excludes halogenated alkanes) is 9. The zero-order valence-corrected chi connectivity index (χ0v) is 18.0. The molecule has 156 valence electrons. The Balaban J connectivity index is 1.85. The summed E-state index contributed by atoms with van der Waals surface area (Å²) in [6.45, 7) is 4.24. The lowest BCUT2D eigenvalue weighted by Crippen LogP contribution is -2.09. The molecule has 0 saturated carbocycles. The number of benzene rings is 1. The lowest BCUT2D eigenvalue weighted by molar-refractivity contribution is -0.138. The van der Waals surface area contributed by atoms with E-state index in [-0.39, 0.29) is 0 Å². The number of alkyl halides is 3. The summed E-state index contributed by atoms with van der Waals surface area (Å²) in [5.41, 5.74) is 0.865. The Bertz CT molecular complexity index is 700. The molecule has 28 heavy (non-hydrogen) atoms. The second-order valence-corrected chi connectivity index (χ2v) is 9.00. The smallest absolute Gasteiger partial charge is 0.166 e. The van der Waals surface area contributed by atoms with Crippen LogP contribution in [0, 0.1) is 6.92 Å². The van der Waals surface area contributed by atoms with Crippen LogP contribution in [0.5, 0.6) is 0 Å². The Morgan fingerprint density at radius 1 is 0.786 bits per heavy atom. The quantitative estimate of drug-likeness (QED) is 0.306. The molecule has 2 rings (SSSR count). The molecule has 0 radical (unpaired) electrons. The predicted molar refractivity (Wildman–Crippen MR) is 115 cm³/mol. The van der Waals surface area contributed by atoms with Crippen molar-refractivity contribution >= 4 is 11.3 Å². The molecule has 1 heterocycles. The Labute approximate surface area is 172 Å². The predicted octanol–water partition coefficient (Wildman–Crippen LogP) is 9.21. The van der Waals surface area contributed by atoms with Crippen molar-refractivity contribution in [1.82, 2.24) is 0 Å². The van der Waals surface area contributed by atoms with Gasteiger partial charge in [0, 0.05) is 9.75 Å². The second-order valence-electron chi connectivity index (χ2n) is 7.71. The van der Waals surface area contributed by atoms with Crippen molar-refractivity contribution in [3.63, 3.8) is 0 Å². The van der Waals surface area contributed by atoms with E-state index in [0.717, 1.165) is 29.7 Å². The van der Waals surface area contributed by atoms with E-state index in [1.165, 1.54) is 55.9 Å². The summed E-state index contributed by atoms with van der Waals surface area (Å²) in [7, 11) is 0. The topological polar surface area (TPSA) is 0 Å². The third-order valence-corrected chi connectivity index (χ3v) is 6.28. The molecule has 0 unspecified atom stereocenters. The van der Waals surface area contributed by atoms with E-state index in [0.29, 0.717) is 12.0 Å². The lowest BCUT2D eigenvalue weighted by atomic mass is 9.97. The molecule has 0 spiro atoms. The summed E-state index contributed by atoms with van der Waals surface area (Å²) in [5, 5.41) is 0. The molecule has 0 aliphatic carbocycles. The molecule has 4 heteroatoms. The number of hydrogen-bond donors (Lipinski definition) is 0. The lowest BCUT2D eigenvalue weighted by Gasteiger charge is -2.14. The normalized spacial score (nSPS) is 11.9. The van der Waals surface area contributed by atoms with Gasteiger partial charge in [-0.1, -0.05) is 70.8 Å². The maximum Gasteiger partial charge on any atom is 0.416 e. The van der Waals surface area contributed by atoms with Gasteiger partial charge in [0.05, 0.1) is 5.56 Å². The van der Waals surface area contributed by atoms with Gasteiger partial charge >= 0.3 is 6.18 Å². The van der Waals surface area contributed by atoms with Crippen LogP contribution < -0.4 is 0 Å². The van der Waals surface area contributed by atoms with E-state index in [1.54, 1.807) is 23.5 Å². The molecule has 1 aromatic carbocycles. The SMILES string of the molecule is CCCCCCCCCCCCc1cc(-c2ccc(C)s2)ccc1C(F)(F)F. The van der Waals surface area contributed by atoms with Gasteiger partial charge in [-0.25, -0.2) is 0 Å². The van der Waals surface area contributed by atoms with Crippen molar-refractivity contribution in [3.8, 4) is 10.4 Å². The maximum absolute atomic E-state index is 13.4. The fourth-order valence-corrected chi connectivity index (χ4v) is 4.49. The molecule has 2 aromatic rings. The third kappa shape index (κ3) is 7.62. The van der Waals surface area contributed by atoms with Crippen LogP contribution in [-0.4, -0.2) is 0 Å². The molecule has 0 fully saturated rings. The highest BCUT2D eigenvalue weighted by Gasteiger charge is 2.33. The molecule has 0 N–H and O–H groups in total. The minimum absolute atomic E-state index is 0.440. The maximum atomic E-state index is 13.4. The molecule has 0 atom stereocenters. The van der Waals surface area contributed by atoms with Gasteiger partial charge in [0.2, 0.25) is 0 Å². The first-order chi connectivity index (χ1) is 13.4. The second kappa shape index (κ2) is 11.6. The zero-order chi connectivity index (χ0) is 20.4. The van der Waals surface area contributed by atoms with Gasteiger partial charge in [0.15, 0.2) is 0 Å². The Kier molecular flexibility index (Phi) is 9.57. The van der Waals surface area contributed by atoms with Gasteiger partial charge in [-0.15, -0.1) is 11.3 Å². The summed E-state index contributed by atoms with van der Waals surface area (Å²) in [5.74, 6) is 0. The van der Waals surface area contributed by atoms with Crippen molar-refractivity contribution in [2.75, 3.05) is 0 Å². The van der Waals surface area contributed by atoms with Crippen LogP contribution in [0.4, 0.5) is 13.2 Å². The van der Waals surface area contributed by atoms with Crippen molar-refractivity contribution in [2.45, 2.75) is 90.7 Å². The number of aryl methyl sites for hydroxylation is 2. The average molecular weight is 411 g/mol. The third-order valence-electron chi connectivity index (χ3n) is 5.24. The summed E-state index contributed by atoms with van der Waals surface area (Å²) in [4.78, 5) is 2.21. The van der Waals surface area contributed by atoms with Crippen LogP contribution >= 0.6 is 11.3 Å². The van der Waals surface area contributed by atoms with Crippen LogP contribution in [0.2, 0.25) is 0 Å². The van der Waals surface area contributed by atoms with Crippen LogP contribution in [0.25, 0.3) is 10.4 Å². The summed E-state index contributed by atoms with van der Waals surface area (Å²) < 4.78 is 40.2. The number of rotatable bonds is 12. The van der Waals surface area contributed by atoms with Gasteiger partial charge in [0.1, 0.15) is 0 Å². The molecule has 0 amide bonds. The summed E-state index contributed by atoms with van der Waals surface area (Å²) in [6.07, 6.45) is 8.17. The van der Waals surface area contributed by atoms with E-state index < -0.39 is 11.7 Å². The number of halogens is 3. The molecule has 0 bridgehead atoms. The van der Waals surface area contributed by atoms with Gasteiger partial charge < -0.3 is 0 Å². The number of hydrogen-bond acceptors (Lipinski definition) is 1. The highest BCUT2D eigenvalue weighted by molar-refractivity contribution is 7.15. The van der Waals surface area contributed by atoms with Gasteiger partial charge in [-0.05, 0) is 55.2 Å². The van der Waals surface area contributed by atoms with E-state index in [4.69, 9.17) is 0 Å². The van der Waals surface area contributed by atoms with E-state index in [2.05, 4.69) is 6.92 Å². The zero-order valence-electron chi connectivity index (χ0n) is 17.2. The van der Waals surface area contributed by atoms with Gasteiger partial charge in [-0.2, -0.15) is 13.2 Å². The van der Waals surface area contributed by atoms with E-state index in [9.17, 15) is 13.2 Å².